The van der Waals surface area contributed by atoms with Crippen LogP contribution in [0.25, 0.3) is 0 Å². The van der Waals surface area contributed by atoms with Gasteiger partial charge in [-0.05, 0) is 58.4 Å². The highest BCUT2D eigenvalue weighted by Crippen LogP contribution is 2.17. The normalized spacial score (nSPS) is 12.7. The minimum atomic E-state index is -0.689. The highest BCUT2D eigenvalue weighted by atomic mass is 79.9. The Bertz CT molecular complexity index is 520. The lowest BCUT2D eigenvalue weighted by Crippen LogP contribution is -2.42. The molecule has 0 spiro atoms. The highest BCUT2D eigenvalue weighted by Gasteiger charge is 2.23. The third-order valence-electron chi connectivity index (χ3n) is 2.53. The molecule has 1 rings (SSSR count). The minimum absolute atomic E-state index is 0.293. The number of benzene rings is 1. The van der Waals surface area contributed by atoms with E-state index in [-0.39, 0.29) is 5.91 Å². The van der Waals surface area contributed by atoms with Crippen molar-refractivity contribution in [3.8, 4) is 0 Å². The van der Waals surface area contributed by atoms with Gasteiger partial charge in [-0.15, -0.1) is 0 Å². The van der Waals surface area contributed by atoms with Crippen LogP contribution in [0.2, 0.25) is 0 Å². The molecule has 1 aromatic rings. The van der Waals surface area contributed by atoms with Crippen LogP contribution in [0, 0.1) is 6.92 Å². The van der Waals surface area contributed by atoms with Crippen LogP contribution in [0.1, 0.15) is 43.6 Å². The number of rotatable bonds is 3. The summed E-state index contributed by atoms with van der Waals surface area (Å²) in [7, 11) is 0. The third-order valence-corrected chi connectivity index (χ3v) is 3.42. The van der Waals surface area contributed by atoms with Crippen molar-refractivity contribution < 1.29 is 14.3 Å². The summed E-state index contributed by atoms with van der Waals surface area (Å²) in [4.78, 5) is 23.9. The van der Waals surface area contributed by atoms with Gasteiger partial charge in [0.15, 0.2) is 0 Å². The second kappa shape index (κ2) is 6.39. The van der Waals surface area contributed by atoms with Gasteiger partial charge in [0.05, 0.1) is 0 Å². The van der Waals surface area contributed by atoms with Crippen molar-refractivity contribution in [3.63, 3.8) is 0 Å². The van der Waals surface area contributed by atoms with Gasteiger partial charge in [-0.25, -0.2) is 4.79 Å². The van der Waals surface area contributed by atoms with Gasteiger partial charge in [0.2, 0.25) is 0 Å². The lowest BCUT2D eigenvalue weighted by molar-refractivity contribution is -0.156. The summed E-state index contributed by atoms with van der Waals surface area (Å²) in [5.41, 5.74) is 0.910. The Hall–Kier alpha value is -1.36. The first-order chi connectivity index (χ1) is 9.10. The van der Waals surface area contributed by atoms with Crippen LogP contribution >= 0.6 is 15.9 Å². The van der Waals surface area contributed by atoms with Crippen LogP contribution in [0.5, 0.6) is 0 Å². The van der Waals surface area contributed by atoms with E-state index in [1.807, 2.05) is 13.0 Å². The average Bonchev–Trinajstić information content (AvgIpc) is 2.30. The zero-order valence-corrected chi connectivity index (χ0v) is 14.0. The maximum Gasteiger partial charge on any atom is 0.328 e. The SMILES string of the molecule is Cc1cc(C(=O)N[C@H](C)C(=O)OC(C)(C)C)ccc1Br. The molecule has 5 heteroatoms. The van der Waals surface area contributed by atoms with E-state index in [2.05, 4.69) is 21.2 Å². The Morgan fingerprint density at radius 1 is 1.30 bits per heavy atom. The number of amides is 1. The molecule has 4 nitrogen and oxygen atoms in total. The number of ether oxygens (including phenoxy) is 1. The molecule has 0 aliphatic carbocycles. The fourth-order valence-corrected chi connectivity index (χ4v) is 1.76. The topological polar surface area (TPSA) is 55.4 Å². The molecule has 0 saturated carbocycles. The molecular formula is C15H20BrNO3. The second-order valence-corrected chi connectivity index (χ2v) is 6.55. The maximum atomic E-state index is 12.1. The first-order valence-electron chi connectivity index (χ1n) is 6.40. The second-order valence-electron chi connectivity index (χ2n) is 5.69. The lowest BCUT2D eigenvalue weighted by Gasteiger charge is -2.22. The minimum Gasteiger partial charge on any atom is -0.458 e. The number of aryl methyl sites for hydroxylation is 1. The Balaban J connectivity index is 2.70. The summed E-state index contributed by atoms with van der Waals surface area (Å²) in [5.74, 6) is -0.737. The molecule has 1 aromatic carbocycles. The number of hydrogen-bond acceptors (Lipinski definition) is 3. The van der Waals surface area contributed by atoms with Gasteiger partial charge in [-0.2, -0.15) is 0 Å². The number of esters is 1. The van der Waals surface area contributed by atoms with Crippen LogP contribution in [-0.4, -0.2) is 23.5 Å². The molecule has 0 unspecified atom stereocenters. The van der Waals surface area contributed by atoms with Gasteiger partial charge in [-0.1, -0.05) is 15.9 Å². The van der Waals surface area contributed by atoms with Crippen LogP contribution < -0.4 is 5.32 Å². The van der Waals surface area contributed by atoms with Gasteiger partial charge in [-0.3, -0.25) is 4.79 Å². The lowest BCUT2D eigenvalue weighted by atomic mass is 10.1. The average molecular weight is 342 g/mol. The molecule has 0 heterocycles. The number of carbonyl (C=O) groups excluding carboxylic acids is 2. The molecule has 1 atom stereocenters. The van der Waals surface area contributed by atoms with E-state index in [4.69, 9.17) is 4.74 Å². The van der Waals surface area contributed by atoms with E-state index in [1.54, 1.807) is 39.8 Å². The van der Waals surface area contributed by atoms with E-state index < -0.39 is 17.6 Å². The van der Waals surface area contributed by atoms with Gasteiger partial charge in [0, 0.05) is 10.0 Å². The first kappa shape index (κ1) is 16.7. The molecule has 0 aliphatic rings. The maximum absolute atomic E-state index is 12.1. The predicted octanol–water partition coefficient (Wildman–Crippen LogP) is 3.22. The Labute approximate surface area is 128 Å². The van der Waals surface area contributed by atoms with Crippen LogP contribution in [0.15, 0.2) is 22.7 Å². The van der Waals surface area contributed by atoms with E-state index in [0.29, 0.717) is 5.56 Å². The molecule has 0 radical (unpaired) electrons. The van der Waals surface area contributed by atoms with Crippen molar-refractivity contribution >= 4 is 27.8 Å². The standard InChI is InChI=1S/C15H20BrNO3/c1-9-8-11(6-7-12(9)16)13(18)17-10(2)14(19)20-15(3,4)5/h6-8,10H,1-5H3,(H,17,18)/t10-/m1/s1. The first-order valence-corrected chi connectivity index (χ1v) is 7.19. The van der Waals surface area contributed by atoms with Gasteiger partial charge in [0.1, 0.15) is 11.6 Å². The number of halogens is 1. The van der Waals surface area contributed by atoms with Crippen molar-refractivity contribution in [2.75, 3.05) is 0 Å². The number of nitrogens with one attached hydrogen (secondary N) is 1. The molecule has 1 amide bonds. The largest absolute Gasteiger partial charge is 0.458 e. The van der Waals surface area contributed by atoms with E-state index in [9.17, 15) is 9.59 Å². The summed E-state index contributed by atoms with van der Waals surface area (Å²) in [6, 6.07) is 4.59. The Morgan fingerprint density at radius 2 is 1.90 bits per heavy atom. The van der Waals surface area contributed by atoms with Crippen LogP contribution in [-0.2, 0) is 9.53 Å². The molecule has 0 fully saturated rings. The van der Waals surface area contributed by atoms with Crippen LogP contribution in [0.3, 0.4) is 0 Å². The molecule has 110 valence electrons. The van der Waals surface area contributed by atoms with Gasteiger partial charge in [0.25, 0.3) is 5.91 Å². The van der Waals surface area contributed by atoms with E-state index >= 15 is 0 Å². The summed E-state index contributed by atoms with van der Waals surface area (Å²) < 4.78 is 6.16. The third kappa shape index (κ3) is 4.96. The summed E-state index contributed by atoms with van der Waals surface area (Å²) in [6.45, 7) is 8.88. The van der Waals surface area contributed by atoms with Crippen molar-refractivity contribution in [1.29, 1.82) is 0 Å². The monoisotopic (exact) mass is 341 g/mol. The zero-order chi connectivity index (χ0) is 15.5. The fraction of sp³-hybridized carbons (Fsp3) is 0.467. The van der Waals surface area contributed by atoms with Crippen molar-refractivity contribution in [1.82, 2.24) is 5.32 Å². The molecule has 0 aliphatic heterocycles. The van der Waals surface area contributed by atoms with E-state index in [0.717, 1.165) is 10.0 Å². The molecule has 1 N–H and O–H groups in total. The molecule has 20 heavy (non-hydrogen) atoms. The van der Waals surface area contributed by atoms with E-state index in [1.165, 1.54) is 0 Å². The molecular weight excluding hydrogens is 322 g/mol. The van der Waals surface area contributed by atoms with Crippen LogP contribution in [0.4, 0.5) is 0 Å². The summed E-state index contributed by atoms with van der Waals surface area (Å²) in [6.07, 6.45) is 0. The number of carbonyl (C=O) groups is 2. The smallest absolute Gasteiger partial charge is 0.328 e. The Morgan fingerprint density at radius 3 is 2.40 bits per heavy atom. The molecule has 0 saturated heterocycles. The van der Waals surface area contributed by atoms with Crippen molar-refractivity contribution in [2.45, 2.75) is 46.3 Å². The number of hydrogen-bond donors (Lipinski definition) is 1. The van der Waals surface area contributed by atoms with Crippen molar-refractivity contribution in [3.05, 3.63) is 33.8 Å². The van der Waals surface area contributed by atoms with Gasteiger partial charge >= 0.3 is 5.97 Å². The summed E-state index contributed by atoms with van der Waals surface area (Å²) >= 11 is 3.38. The van der Waals surface area contributed by atoms with Crippen molar-refractivity contribution in [2.24, 2.45) is 0 Å². The zero-order valence-electron chi connectivity index (χ0n) is 12.4. The molecule has 0 aromatic heterocycles. The summed E-state index contributed by atoms with van der Waals surface area (Å²) in [5, 5.41) is 2.64. The fourth-order valence-electron chi connectivity index (χ4n) is 1.51. The quantitative estimate of drug-likeness (QED) is 0.858. The highest BCUT2D eigenvalue weighted by molar-refractivity contribution is 9.10. The predicted molar refractivity (Wildman–Crippen MR) is 81.7 cm³/mol. The van der Waals surface area contributed by atoms with Gasteiger partial charge < -0.3 is 10.1 Å². The molecule has 0 bridgehead atoms. The Kier molecular flexibility index (Phi) is 5.34.